The predicted molar refractivity (Wildman–Crippen MR) is 117 cm³/mol. The van der Waals surface area contributed by atoms with Crippen LogP contribution in [0.25, 0.3) is 11.0 Å². The first-order valence-corrected chi connectivity index (χ1v) is 10.3. The summed E-state index contributed by atoms with van der Waals surface area (Å²) in [7, 11) is 3.45. The lowest BCUT2D eigenvalue weighted by molar-refractivity contribution is -0.122. The molecule has 2 aromatic heterocycles. The predicted octanol–water partition coefficient (Wildman–Crippen LogP) is 3.31. The number of aromatic nitrogens is 3. The Labute approximate surface area is 181 Å². The van der Waals surface area contributed by atoms with Crippen molar-refractivity contribution < 1.29 is 19.0 Å². The fraction of sp³-hybridized carbons (Fsp3) is 0.435. The van der Waals surface area contributed by atoms with Gasteiger partial charge >= 0.3 is 0 Å². The van der Waals surface area contributed by atoms with Gasteiger partial charge in [0.25, 0.3) is 0 Å². The fourth-order valence-corrected chi connectivity index (χ4v) is 4.11. The Morgan fingerprint density at radius 2 is 2.00 bits per heavy atom. The molecule has 0 aliphatic carbocycles. The smallest absolute Gasteiger partial charge is 0.242 e. The van der Waals surface area contributed by atoms with Crippen LogP contribution in [0.15, 0.2) is 18.2 Å². The summed E-state index contributed by atoms with van der Waals surface area (Å²) < 4.78 is 18.0. The van der Waals surface area contributed by atoms with Crippen molar-refractivity contribution in [3.05, 3.63) is 40.6 Å². The van der Waals surface area contributed by atoms with Gasteiger partial charge in [-0.05, 0) is 62.9 Å². The first kappa shape index (κ1) is 21.0. The van der Waals surface area contributed by atoms with E-state index in [1.54, 1.807) is 11.8 Å². The Bertz CT molecular complexity index is 1170. The third-order valence-electron chi connectivity index (χ3n) is 5.86. The first-order valence-electron chi connectivity index (χ1n) is 10.3. The SMILES string of the molecule is COc1nn(C)c2nc(C)c(CCC(=O)NC(C)(C)c3ccc4c(c3)OCO4)c(C)c12. The summed E-state index contributed by atoms with van der Waals surface area (Å²) in [6, 6.07) is 5.75. The Kier molecular flexibility index (Phi) is 5.24. The summed E-state index contributed by atoms with van der Waals surface area (Å²) in [5.41, 5.74) is 4.20. The maximum atomic E-state index is 12.8. The Morgan fingerprint density at radius 3 is 2.74 bits per heavy atom. The number of nitrogens with one attached hydrogen (secondary N) is 1. The molecule has 3 aromatic rings. The standard InChI is InChI=1S/C23H28N4O4/c1-13-16(14(2)24-21-20(13)22(29-6)26-27(21)5)8-10-19(28)25-23(3,4)15-7-9-17-18(11-15)31-12-30-17/h7,9,11H,8,10,12H2,1-6H3,(H,25,28). The Balaban J connectivity index is 1.50. The average molecular weight is 425 g/mol. The molecule has 1 aromatic carbocycles. The van der Waals surface area contributed by atoms with Crippen molar-refractivity contribution in [1.82, 2.24) is 20.1 Å². The van der Waals surface area contributed by atoms with Crippen molar-refractivity contribution in [3.8, 4) is 17.4 Å². The summed E-state index contributed by atoms with van der Waals surface area (Å²) in [4.78, 5) is 17.5. The topological polar surface area (TPSA) is 87.5 Å². The lowest BCUT2D eigenvalue weighted by atomic mass is 9.93. The summed E-state index contributed by atoms with van der Waals surface area (Å²) in [5.74, 6) is 1.96. The number of hydrogen-bond acceptors (Lipinski definition) is 6. The summed E-state index contributed by atoms with van der Waals surface area (Å²) >= 11 is 0. The second kappa shape index (κ2) is 7.76. The van der Waals surface area contributed by atoms with E-state index >= 15 is 0 Å². The van der Waals surface area contributed by atoms with Crippen LogP contribution in [0.5, 0.6) is 17.4 Å². The molecule has 164 valence electrons. The summed E-state index contributed by atoms with van der Waals surface area (Å²) in [5, 5.41) is 8.42. The van der Waals surface area contributed by atoms with Crippen molar-refractivity contribution >= 4 is 16.9 Å². The number of benzene rings is 1. The van der Waals surface area contributed by atoms with Crippen LogP contribution in [0.1, 0.15) is 42.7 Å². The number of ether oxygens (including phenoxy) is 3. The number of pyridine rings is 1. The normalized spacial score (nSPS) is 13.0. The highest BCUT2D eigenvalue weighted by Gasteiger charge is 2.26. The third kappa shape index (κ3) is 3.78. The van der Waals surface area contributed by atoms with E-state index < -0.39 is 5.54 Å². The van der Waals surface area contributed by atoms with Gasteiger partial charge < -0.3 is 19.5 Å². The highest BCUT2D eigenvalue weighted by Crippen LogP contribution is 2.36. The molecule has 8 nitrogen and oxygen atoms in total. The number of aryl methyl sites for hydroxylation is 3. The van der Waals surface area contributed by atoms with Crippen LogP contribution in [0.3, 0.4) is 0 Å². The minimum absolute atomic E-state index is 0.0280. The second-order valence-corrected chi connectivity index (χ2v) is 8.37. The highest BCUT2D eigenvalue weighted by atomic mass is 16.7. The van der Waals surface area contributed by atoms with Crippen LogP contribution in [0.2, 0.25) is 0 Å². The van der Waals surface area contributed by atoms with E-state index in [1.807, 2.05) is 52.9 Å². The van der Waals surface area contributed by atoms with Crippen LogP contribution < -0.4 is 19.5 Å². The van der Waals surface area contributed by atoms with E-state index in [1.165, 1.54) is 0 Å². The number of methoxy groups -OCH3 is 1. The summed E-state index contributed by atoms with van der Waals surface area (Å²) in [6.45, 7) is 8.19. The molecule has 0 bridgehead atoms. The van der Waals surface area contributed by atoms with Crippen LogP contribution >= 0.6 is 0 Å². The third-order valence-corrected chi connectivity index (χ3v) is 5.86. The quantitative estimate of drug-likeness (QED) is 0.653. The number of fused-ring (bicyclic) bond motifs is 2. The van der Waals surface area contributed by atoms with Gasteiger partial charge in [-0.2, -0.15) is 0 Å². The summed E-state index contributed by atoms with van der Waals surface area (Å²) in [6.07, 6.45) is 0.938. The van der Waals surface area contributed by atoms with Crippen molar-refractivity contribution in [2.45, 2.75) is 46.1 Å². The molecule has 1 amide bonds. The van der Waals surface area contributed by atoms with E-state index in [-0.39, 0.29) is 12.7 Å². The van der Waals surface area contributed by atoms with Gasteiger partial charge in [0.1, 0.15) is 0 Å². The van der Waals surface area contributed by atoms with Crippen molar-refractivity contribution in [1.29, 1.82) is 0 Å². The minimum Gasteiger partial charge on any atom is -0.479 e. The molecule has 8 heteroatoms. The number of carbonyl (C=O) groups excluding carboxylic acids is 1. The van der Waals surface area contributed by atoms with E-state index in [2.05, 4.69) is 10.4 Å². The number of amides is 1. The highest BCUT2D eigenvalue weighted by molar-refractivity contribution is 5.86. The molecule has 0 radical (unpaired) electrons. The van der Waals surface area contributed by atoms with Crippen LogP contribution in [0.4, 0.5) is 0 Å². The van der Waals surface area contributed by atoms with E-state index in [0.29, 0.717) is 24.5 Å². The van der Waals surface area contributed by atoms with Gasteiger partial charge in [0.2, 0.25) is 18.6 Å². The lowest BCUT2D eigenvalue weighted by Crippen LogP contribution is -2.41. The van der Waals surface area contributed by atoms with Gasteiger partial charge in [0.05, 0.1) is 18.0 Å². The van der Waals surface area contributed by atoms with Gasteiger partial charge in [-0.1, -0.05) is 6.07 Å². The molecule has 0 spiro atoms. The van der Waals surface area contributed by atoms with Crippen molar-refractivity contribution in [2.24, 2.45) is 7.05 Å². The van der Waals surface area contributed by atoms with Gasteiger partial charge in [-0.3, -0.25) is 4.79 Å². The molecule has 0 saturated heterocycles. The zero-order valence-corrected chi connectivity index (χ0v) is 18.8. The number of rotatable bonds is 6. The average Bonchev–Trinajstić information content (AvgIpc) is 3.31. The zero-order valence-electron chi connectivity index (χ0n) is 18.8. The maximum Gasteiger partial charge on any atom is 0.242 e. The largest absolute Gasteiger partial charge is 0.479 e. The molecule has 1 aliphatic heterocycles. The second-order valence-electron chi connectivity index (χ2n) is 8.37. The van der Waals surface area contributed by atoms with Gasteiger partial charge in [0.15, 0.2) is 17.1 Å². The van der Waals surface area contributed by atoms with Crippen molar-refractivity contribution in [2.75, 3.05) is 13.9 Å². The molecule has 0 fully saturated rings. The van der Waals surface area contributed by atoms with E-state index in [9.17, 15) is 4.79 Å². The fourth-order valence-electron chi connectivity index (χ4n) is 4.11. The molecular weight excluding hydrogens is 396 g/mol. The van der Waals surface area contributed by atoms with Crippen molar-refractivity contribution in [3.63, 3.8) is 0 Å². The molecule has 0 unspecified atom stereocenters. The van der Waals surface area contributed by atoms with E-state index in [4.69, 9.17) is 19.2 Å². The number of carbonyl (C=O) groups is 1. The molecule has 1 aliphatic rings. The lowest BCUT2D eigenvalue weighted by Gasteiger charge is -2.27. The van der Waals surface area contributed by atoms with Gasteiger partial charge in [-0.25, -0.2) is 9.67 Å². The zero-order chi connectivity index (χ0) is 22.3. The number of nitrogens with zero attached hydrogens (tertiary/aromatic N) is 3. The molecule has 0 saturated carbocycles. The number of hydrogen-bond donors (Lipinski definition) is 1. The first-order chi connectivity index (χ1) is 14.7. The molecule has 3 heterocycles. The van der Waals surface area contributed by atoms with Gasteiger partial charge in [-0.15, -0.1) is 5.10 Å². The maximum absolute atomic E-state index is 12.8. The van der Waals surface area contributed by atoms with Gasteiger partial charge in [0, 0.05) is 19.2 Å². The Hall–Kier alpha value is -3.29. The molecule has 4 rings (SSSR count). The Morgan fingerprint density at radius 1 is 1.26 bits per heavy atom. The van der Waals surface area contributed by atoms with Crippen LogP contribution in [0, 0.1) is 13.8 Å². The molecular formula is C23H28N4O4. The monoisotopic (exact) mass is 424 g/mol. The molecule has 31 heavy (non-hydrogen) atoms. The molecule has 1 N–H and O–H groups in total. The molecule has 0 atom stereocenters. The minimum atomic E-state index is -0.545. The van der Waals surface area contributed by atoms with E-state index in [0.717, 1.165) is 39.2 Å². The van der Waals surface area contributed by atoms with Crippen LogP contribution in [-0.2, 0) is 23.8 Å². The van der Waals surface area contributed by atoms with Crippen LogP contribution in [-0.4, -0.2) is 34.6 Å².